The SMILES string of the molecule is CN1CCC(NC(=O)CCc2ccccc2)C1. The number of likely N-dealkylation sites (tertiary alicyclic amines) is 1. The summed E-state index contributed by atoms with van der Waals surface area (Å²) < 4.78 is 0. The number of hydrogen-bond acceptors (Lipinski definition) is 2. The molecule has 1 aromatic rings. The summed E-state index contributed by atoms with van der Waals surface area (Å²) in [5.74, 6) is 0.175. The van der Waals surface area contributed by atoms with Crippen molar-refractivity contribution in [3.63, 3.8) is 0 Å². The van der Waals surface area contributed by atoms with Gasteiger partial charge in [-0.3, -0.25) is 4.79 Å². The molecule has 0 aliphatic carbocycles. The molecule has 1 aliphatic rings. The van der Waals surface area contributed by atoms with Gasteiger partial charge in [-0.2, -0.15) is 0 Å². The third-order valence-electron chi connectivity index (χ3n) is 3.24. The monoisotopic (exact) mass is 232 g/mol. The number of carbonyl (C=O) groups excluding carboxylic acids is 1. The van der Waals surface area contributed by atoms with Gasteiger partial charge in [0, 0.05) is 19.0 Å². The Morgan fingerprint density at radius 2 is 2.18 bits per heavy atom. The van der Waals surface area contributed by atoms with Crippen LogP contribution in [0.5, 0.6) is 0 Å². The Labute approximate surface area is 103 Å². The first-order chi connectivity index (χ1) is 8.24. The summed E-state index contributed by atoms with van der Waals surface area (Å²) in [5.41, 5.74) is 1.23. The molecule has 1 heterocycles. The lowest BCUT2D eigenvalue weighted by atomic mass is 10.1. The first-order valence-electron chi connectivity index (χ1n) is 6.26. The number of carbonyl (C=O) groups is 1. The van der Waals surface area contributed by atoms with Crippen LogP contribution >= 0.6 is 0 Å². The molecule has 17 heavy (non-hydrogen) atoms. The molecule has 1 saturated heterocycles. The van der Waals surface area contributed by atoms with Crippen LogP contribution in [0.4, 0.5) is 0 Å². The van der Waals surface area contributed by atoms with Gasteiger partial charge in [0.05, 0.1) is 0 Å². The second-order valence-corrected chi connectivity index (χ2v) is 4.80. The molecular weight excluding hydrogens is 212 g/mol. The Morgan fingerprint density at radius 1 is 1.41 bits per heavy atom. The van der Waals surface area contributed by atoms with Crippen molar-refractivity contribution in [2.45, 2.75) is 25.3 Å². The smallest absolute Gasteiger partial charge is 0.220 e. The molecule has 1 aromatic carbocycles. The van der Waals surface area contributed by atoms with E-state index in [9.17, 15) is 4.79 Å². The molecule has 0 bridgehead atoms. The highest BCUT2D eigenvalue weighted by molar-refractivity contribution is 5.76. The summed E-state index contributed by atoms with van der Waals surface area (Å²) in [7, 11) is 2.09. The molecule has 0 aromatic heterocycles. The molecule has 1 fully saturated rings. The van der Waals surface area contributed by atoms with Gasteiger partial charge in [0.15, 0.2) is 0 Å². The maximum atomic E-state index is 11.7. The van der Waals surface area contributed by atoms with Crippen LogP contribution in [-0.2, 0) is 11.2 Å². The maximum Gasteiger partial charge on any atom is 0.220 e. The van der Waals surface area contributed by atoms with Gasteiger partial charge in [0.2, 0.25) is 5.91 Å². The van der Waals surface area contributed by atoms with Crippen molar-refractivity contribution in [3.05, 3.63) is 35.9 Å². The van der Waals surface area contributed by atoms with Crippen LogP contribution in [0.2, 0.25) is 0 Å². The quantitative estimate of drug-likeness (QED) is 0.852. The van der Waals surface area contributed by atoms with E-state index in [0.717, 1.165) is 25.9 Å². The summed E-state index contributed by atoms with van der Waals surface area (Å²) in [4.78, 5) is 14.0. The lowest BCUT2D eigenvalue weighted by molar-refractivity contribution is -0.121. The van der Waals surface area contributed by atoms with Crippen LogP contribution in [0.1, 0.15) is 18.4 Å². The van der Waals surface area contributed by atoms with Crippen LogP contribution < -0.4 is 5.32 Å². The lowest BCUT2D eigenvalue weighted by Crippen LogP contribution is -2.36. The average molecular weight is 232 g/mol. The summed E-state index contributed by atoms with van der Waals surface area (Å²) in [5, 5.41) is 3.10. The molecule has 1 atom stereocenters. The lowest BCUT2D eigenvalue weighted by Gasteiger charge is -2.12. The van der Waals surface area contributed by atoms with E-state index >= 15 is 0 Å². The average Bonchev–Trinajstić information content (AvgIpc) is 2.73. The van der Waals surface area contributed by atoms with Crippen LogP contribution in [0.15, 0.2) is 30.3 Å². The van der Waals surface area contributed by atoms with Gasteiger partial charge in [-0.1, -0.05) is 30.3 Å². The van der Waals surface area contributed by atoms with E-state index in [1.807, 2.05) is 18.2 Å². The molecule has 92 valence electrons. The second-order valence-electron chi connectivity index (χ2n) is 4.80. The van der Waals surface area contributed by atoms with Gasteiger partial charge in [-0.05, 0) is 32.0 Å². The number of aryl methyl sites for hydroxylation is 1. The first-order valence-corrected chi connectivity index (χ1v) is 6.26. The minimum absolute atomic E-state index is 0.175. The number of nitrogens with one attached hydrogen (secondary N) is 1. The van der Waals surface area contributed by atoms with Crippen molar-refractivity contribution in [2.75, 3.05) is 20.1 Å². The van der Waals surface area contributed by atoms with Gasteiger partial charge >= 0.3 is 0 Å². The maximum absolute atomic E-state index is 11.7. The van der Waals surface area contributed by atoms with E-state index in [0.29, 0.717) is 12.5 Å². The summed E-state index contributed by atoms with van der Waals surface area (Å²) in [6.45, 7) is 2.07. The fraction of sp³-hybridized carbons (Fsp3) is 0.500. The highest BCUT2D eigenvalue weighted by atomic mass is 16.1. The van der Waals surface area contributed by atoms with Gasteiger partial charge in [-0.25, -0.2) is 0 Å². The zero-order valence-electron chi connectivity index (χ0n) is 10.4. The van der Waals surface area contributed by atoms with Gasteiger partial charge in [-0.15, -0.1) is 0 Å². The van der Waals surface area contributed by atoms with E-state index in [2.05, 4.69) is 29.4 Å². The first kappa shape index (κ1) is 12.1. The van der Waals surface area contributed by atoms with E-state index in [1.54, 1.807) is 0 Å². The molecule has 2 rings (SSSR count). The molecule has 1 unspecified atom stereocenters. The molecule has 0 spiro atoms. The van der Waals surface area contributed by atoms with Gasteiger partial charge < -0.3 is 10.2 Å². The summed E-state index contributed by atoms with van der Waals surface area (Å²) in [6, 6.07) is 10.5. The Bertz CT molecular complexity index is 364. The minimum atomic E-state index is 0.175. The van der Waals surface area contributed by atoms with E-state index in [1.165, 1.54) is 5.56 Å². The Kier molecular flexibility index (Phi) is 4.15. The van der Waals surface area contributed by atoms with Gasteiger partial charge in [0.1, 0.15) is 0 Å². The van der Waals surface area contributed by atoms with Crippen molar-refractivity contribution >= 4 is 5.91 Å². The number of likely N-dealkylation sites (N-methyl/N-ethyl adjacent to an activating group) is 1. The van der Waals surface area contributed by atoms with Crippen molar-refractivity contribution in [1.29, 1.82) is 0 Å². The molecule has 0 saturated carbocycles. The van der Waals surface area contributed by atoms with Crippen LogP contribution in [0.25, 0.3) is 0 Å². The third kappa shape index (κ3) is 3.86. The Morgan fingerprint density at radius 3 is 2.82 bits per heavy atom. The predicted octanol–water partition coefficient (Wildman–Crippen LogP) is 1.44. The predicted molar refractivity (Wildman–Crippen MR) is 68.8 cm³/mol. The topological polar surface area (TPSA) is 32.3 Å². The number of rotatable bonds is 4. The number of hydrogen-bond donors (Lipinski definition) is 1. The standard InChI is InChI=1S/C14H20N2O/c1-16-10-9-13(11-16)15-14(17)8-7-12-5-3-2-4-6-12/h2-6,13H,7-11H2,1H3,(H,15,17). The van der Waals surface area contributed by atoms with Crippen molar-refractivity contribution in [3.8, 4) is 0 Å². The zero-order valence-corrected chi connectivity index (χ0v) is 10.4. The van der Waals surface area contributed by atoms with Crippen LogP contribution in [0, 0.1) is 0 Å². The van der Waals surface area contributed by atoms with E-state index in [-0.39, 0.29) is 5.91 Å². The van der Waals surface area contributed by atoms with Crippen molar-refractivity contribution < 1.29 is 4.79 Å². The minimum Gasteiger partial charge on any atom is -0.352 e. The normalized spacial score (nSPS) is 20.4. The van der Waals surface area contributed by atoms with Crippen molar-refractivity contribution in [1.82, 2.24) is 10.2 Å². The largest absolute Gasteiger partial charge is 0.352 e. The molecule has 3 heteroatoms. The summed E-state index contributed by atoms with van der Waals surface area (Å²) >= 11 is 0. The number of nitrogens with zero attached hydrogens (tertiary/aromatic N) is 1. The molecule has 1 aliphatic heterocycles. The Hall–Kier alpha value is -1.35. The molecule has 1 N–H and O–H groups in total. The molecule has 0 radical (unpaired) electrons. The van der Waals surface area contributed by atoms with Crippen LogP contribution in [-0.4, -0.2) is 37.0 Å². The van der Waals surface area contributed by atoms with E-state index in [4.69, 9.17) is 0 Å². The zero-order chi connectivity index (χ0) is 12.1. The molecule has 3 nitrogen and oxygen atoms in total. The fourth-order valence-electron chi connectivity index (χ4n) is 2.26. The Balaban J connectivity index is 1.71. The van der Waals surface area contributed by atoms with Crippen molar-refractivity contribution in [2.24, 2.45) is 0 Å². The molecule has 1 amide bonds. The fourth-order valence-corrected chi connectivity index (χ4v) is 2.26. The summed E-state index contributed by atoms with van der Waals surface area (Å²) in [6.07, 6.45) is 2.49. The highest BCUT2D eigenvalue weighted by Crippen LogP contribution is 2.07. The molecular formula is C14H20N2O. The highest BCUT2D eigenvalue weighted by Gasteiger charge is 2.20. The van der Waals surface area contributed by atoms with Gasteiger partial charge in [0.25, 0.3) is 0 Å². The second kappa shape index (κ2) is 5.82. The van der Waals surface area contributed by atoms with E-state index < -0.39 is 0 Å². The third-order valence-corrected chi connectivity index (χ3v) is 3.24. The number of benzene rings is 1. The number of amides is 1. The van der Waals surface area contributed by atoms with Crippen LogP contribution in [0.3, 0.4) is 0 Å².